The van der Waals surface area contributed by atoms with Gasteiger partial charge in [0, 0.05) is 0 Å². The zero-order valence-corrected chi connectivity index (χ0v) is 17.7. The first-order valence-electron chi connectivity index (χ1n) is 11.0. The largest absolute Gasteiger partial charge is 0.494 e. The lowest BCUT2D eigenvalue weighted by Gasteiger charge is -2.11. The van der Waals surface area contributed by atoms with Gasteiger partial charge < -0.3 is 4.74 Å². The molecule has 0 aliphatic rings. The number of ether oxygens (including phenoxy) is 1. The molecule has 0 fully saturated rings. The molecular weight excluding hydrogens is 342 g/mol. The fourth-order valence-corrected chi connectivity index (χ4v) is 3.55. The summed E-state index contributed by atoms with van der Waals surface area (Å²) < 4.78 is 5.94. The maximum Gasteiger partial charge on any atom is 0.119 e. The third kappa shape index (κ3) is 7.77. The molecule has 0 atom stereocenters. The molecule has 2 rings (SSSR count). The number of hydrogen-bond acceptors (Lipinski definition) is 2. The van der Waals surface area contributed by atoms with Crippen LogP contribution in [-0.2, 0) is 0 Å². The average Bonchev–Trinajstić information content (AvgIpc) is 2.72. The van der Waals surface area contributed by atoms with E-state index in [0.717, 1.165) is 24.3 Å². The van der Waals surface area contributed by atoms with Gasteiger partial charge in [-0.25, -0.2) is 0 Å². The second-order valence-corrected chi connectivity index (χ2v) is 7.70. The van der Waals surface area contributed by atoms with Gasteiger partial charge in [0.1, 0.15) is 5.75 Å². The summed E-state index contributed by atoms with van der Waals surface area (Å²) in [4.78, 5) is 0. The fourth-order valence-electron chi connectivity index (χ4n) is 3.55. The molecule has 2 aromatic rings. The van der Waals surface area contributed by atoms with E-state index >= 15 is 0 Å². The monoisotopic (exact) mass is 377 g/mol. The highest BCUT2D eigenvalue weighted by Gasteiger charge is 2.04. The minimum absolute atomic E-state index is 0.692. The third-order valence-electron chi connectivity index (χ3n) is 5.29. The lowest BCUT2D eigenvalue weighted by molar-refractivity contribution is 0.304. The van der Waals surface area contributed by atoms with E-state index in [2.05, 4.69) is 38.1 Å². The van der Waals surface area contributed by atoms with Crippen LogP contribution in [0.1, 0.15) is 82.3 Å². The zero-order valence-electron chi connectivity index (χ0n) is 17.7. The predicted molar refractivity (Wildman–Crippen MR) is 119 cm³/mol. The molecule has 0 saturated carbocycles. The molecule has 0 aromatic heterocycles. The van der Waals surface area contributed by atoms with E-state index < -0.39 is 0 Å². The van der Waals surface area contributed by atoms with Crippen LogP contribution in [0.2, 0.25) is 0 Å². The van der Waals surface area contributed by atoms with Gasteiger partial charge in [0.25, 0.3) is 0 Å². The molecule has 0 radical (unpaired) electrons. The molecule has 0 saturated heterocycles. The van der Waals surface area contributed by atoms with Crippen LogP contribution in [0.3, 0.4) is 0 Å². The molecule has 0 aliphatic heterocycles. The Kier molecular flexibility index (Phi) is 10.2. The summed E-state index contributed by atoms with van der Waals surface area (Å²) in [5.74, 6) is 0.950. The van der Waals surface area contributed by atoms with Crippen molar-refractivity contribution < 1.29 is 4.74 Å². The lowest BCUT2D eigenvalue weighted by Crippen LogP contribution is -1.98. The van der Waals surface area contributed by atoms with Crippen LogP contribution < -0.4 is 4.74 Å². The minimum Gasteiger partial charge on any atom is -0.494 e. The molecular formula is C26H35NO. The number of benzene rings is 2. The maximum absolute atomic E-state index is 8.93. The van der Waals surface area contributed by atoms with Crippen LogP contribution in [0, 0.1) is 18.3 Å². The van der Waals surface area contributed by atoms with Crippen LogP contribution >= 0.6 is 0 Å². The minimum atomic E-state index is 0.692. The summed E-state index contributed by atoms with van der Waals surface area (Å²) in [6.45, 7) is 5.18. The molecule has 0 N–H and O–H groups in total. The van der Waals surface area contributed by atoms with Gasteiger partial charge in [0.2, 0.25) is 0 Å². The standard InChI is InChI=1S/C26H35NO/c1-3-4-5-6-7-8-9-10-11-12-19-28-25-17-18-26(22(2)20-25)24-15-13-23(21-27)14-16-24/h13-18,20H,3-12,19H2,1-2H3. The molecule has 0 aliphatic carbocycles. The number of nitriles is 1. The summed E-state index contributed by atoms with van der Waals surface area (Å²) in [7, 11) is 0. The van der Waals surface area contributed by atoms with Gasteiger partial charge in [0.15, 0.2) is 0 Å². The molecule has 0 bridgehead atoms. The van der Waals surface area contributed by atoms with Gasteiger partial charge in [-0.2, -0.15) is 5.26 Å². The molecule has 150 valence electrons. The molecule has 2 aromatic carbocycles. The average molecular weight is 378 g/mol. The van der Waals surface area contributed by atoms with Gasteiger partial charge in [-0.3, -0.25) is 0 Å². The lowest BCUT2D eigenvalue weighted by atomic mass is 9.99. The summed E-state index contributed by atoms with van der Waals surface area (Å²) in [5, 5.41) is 8.93. The van der Waals surface area contributed by atoms with E-state index in [0.29, 0.717) is 5.56 Å². The summed E-state index contributed by atoms with van der Waals surface area (Å²) in [6.07, 6.45) is 13.4. The van der Waals surface area contributed by atoms with Crippen LogP contribution in [0.5, 0.6) is 5.75 Å². The van der Waals surface area contributed by atoms with Crippen molar-refractivity contribution in [3.8, 4) is 22.9 Å². The van der Waals surface area contributed by atoms with E-state index in [1.165, 1.54) is 68.9 Å². The maximum atomic E-state index is 8.93. The Labute approximate surface area is 171 Å². The number of aryl methyl sites for hydroxylation is 1. The first-order chi connectivity index (χ1) is 13.7. The second kappa shape index (κ2) is 13.0. The van der Waals surface area contributed by atoms with Crippen LogP contribution in [0.25, 0.3) is 11.1 Å². The normalized spacial score (nSPS) is 10.6. The van der Waals surface area contributed by atoms with E-state index in [-0.39, 0.29) is 0 Å². The van der Waals surface area contributed by atoms with Gasteiger partial charge in [0.05, 0.1) is 18.2 Å². The Morgan fingerprint density at radius 2 is 1.39 bits per heavy atom. The van der Waals surface area contributed by atoms with Crippen molar-refractivity contribution in [3.63, 3.8) is 0 Å². The van der Waals surface area contributed by atoms with Crippen molar-refractivity contribution >= 4 is 0 Å². The Balaban J connectivity index is 1.64. The van der Waals surface area contributed by atoms with Crippen molar-refractivity contribution in [2.75, 3.05) is 6.61 Å². The van der Waals surface area contributed by atoms with Gasteiger partial charge in [-0.1, -0.05) is 82.9 Å². The van der Waals surface area contributed by atoms with Crippen molar-refractivity contribution in [1.82, 2.24) is 0 Å². The first kappa shape index (κ1) is 22.0. The van der Waals surface area contributed by atoms with E-state index in [9.17, 15) is 0 Å². The Hall–Kier alpha value is -2.27. The topological polar surface area (TPSA) is 33.0 Å². The van der Waals surface area contributed by atoms with Crippen LogP contribution in [-0.4, -0.2) is 6.61 Å². The quantitative estimate of drug-likeness (QED) is 0.333. The van der Waals surface area contributed by atoms with E-state index in [4.69, 9.17) is 10.00 Å². The highest BCUT2D eigenvalue weighted by Crippen LogP contribution is 2.27. The van der Waals surface area contributed by atoms with Crippen molar-refractivity contribution in [1.29, 1.82) is 5.26 Å². The SMILES string of the molecule is CCCCCCCCCCCCOc1ccc(-c2ccc(C#N)cc2)c(C)c1. The molecule has 2 nitrogen and oxygen atoms in total. The van der Waals surface area contributed by atoms with Gasteiger partial charge in [-0.05, 0) is 54.3 Å². The summed E-state index contributed by atoms with van der Waals surface area (Å²) in [5.41, 5.74) is 4.22. The number of unbranched alkanes of at least 4 members (excludes halogenated alkanes) is 9. The molecule has 0 unspecified atom stereocenters. The molecule has 0 heterocycles. The fraction of sp³-hybridized carbons (Fsp3) is 0.500. The van der Waals surface area contributed by atoms with Crippen molar-refractivity contribution in [2.24, 2.45) is 0 Å². The summed E-state index contributed by atoms with van der Waals surface area (Å²) >= 11 is 0. The molecule has 0 spiro atoms. The van der Waals surface area contributed by atoms with Crippen molar-refractivity contribution in [2.45, 2.75) is 78.1 Å². The van der Waals surface area contributed by atoms with Crippen LogP contribution in [0.4, 0.5) is 0 Å². The van der Waals surface area contributed by atoms with Crippen LogP contribution in [0.15, 0.2) is 42.5 Å². The highest BCUT2D eigenvalue weighted by atomic mass is 16.5. The summed E-state index contributed by atoms with van der Waals surface area (Å²) in [6, 6.07) is 16.2. The van der Waals surface area contributed by atoms with E-state index in [1.807, 2.05) is 24.3 Å². The number of hydrogen-bond donors (Lipinski definition) is 0. The Morgan fingerprint density at radius 1 is 0.786 bits per heavy atom. The molecule has 28 heavy (non-hydrogen) atoms. The highest BCUT2D eigenvalue weighted by molar-refractivity contribution is 5.68. The first-order valence-corrected chi connectivity index (χ1v) is 11.0. The number of nitrogens with zero attached hydrogens (tertiary/aromatic N) is 1. The number of rotatable bonds is 13. The predicted octanol–water partition coefficient (Wildman–Crippen LogP) is 7.83. The van der Waals surface area contributed by atoms with Gasteiger partial charge in [-0.15, -0.1) is 0 Å². The Morgan fingerprint density at radius 3 is 1.96 bits per heavy atom. The van der Waals surface area contributed by atoms with E-state index in [1.54, 1.807) is 0 Å². The third-order valence-corrected chi connectivity index (χ3v) is 5.29. The molecule has 0 amide bonds. The molecule has 2 heteroatoms. The smallest absolute Gasteiger partial charge is 0.119 e. The second-order valence-electron chi connectivity index (χ2n) is 7.70. The zero-order chi connectivity index (χ0) is 20.0. The van der Waals surface area contributed by atoms with Gasteiger partial charge >= 0.3 is 0 Å². The van der Waals surface area contributed by atoms with Crippen molar-refractivity contribution in [3.05, 3.63) is 53.6 Å². The Bertz CT molecular complexity index is 727.